The van der Waals surface area contributed by atoms with Crippen LogP contribution in [-0.2, 0) is 16.0 Å². The largest absolute Gasteiger partial charge is 0.461 e. The molecule has 0 spiro atoms. The van der Waals surface area contributed by atoms with Gasteiger partial charge in [0, 0.05) is 17.5 Å². The van der Waals surface area contributed by atoms with E-state index in [0.29, 0.717) is 18.8 Å². The van der Waals surface area contributed by atoms with Gasteiger partial charge in [0.25, 0.3) is 0 Å². The van der Waals surface area contributed by atoms with Crippen LogP contribution in [0.25, 0.3) is 10.6 Å². The molecule has 1 heterocycles. The van der Waals surface area contributed by atoms with Gasteiger partial charge in [-0.2, -0.15) is 0 Å². The number of nitrogens with one attached hydrogen (secondary N) is 1. The first kappa shape index (κ1) is 18.9. The van der Waals surface area contributed by atoms with Crippen molar-refractivity contribution in [1.82, 2.24) is 10.3 Å². The van der Waals surface area contributed by atoms with Crippen molar-refractivity contribution in [2.75, 3.05) is 6.61 Å². The maximum Gasteiger partial charge on any atom is 0.407 e. The fraction of sp³-hybridized carbons (Fsp3) is 0.389. The third kappa shape index (κ3) is 5.86. The van der Waals surface area contributed by atoms with Crippen LogP contribution in [0.5, 0.6) is 0 Å². The number of alkyl carbamates (subject to hydrolysis) is 1. The first-order valence-corrected chi connectivity index (χ1v) is 8.85. The third-order valence-corrected chi connectivity index (χ3v) is 3.92. The standard InChI is InChI=1S/C18H22N2O4S/c1-5-23-16(21)14-11-25-15(20-14)13-8-6-12(7-9-13)10-19-17(22)24-18(2,3)4/h6-9,11H,5,10H2,1-4H3,(H,19,22). The topological polar surface area (TPSA) is 77.5 Å². The molecule has 1 aromatic heterocycles. The van der Waals surface area contributed by atoms with Crippen molar-refractivity contribution in [3.8, 4) is 10.6 Å². The summed E-state index contributed by atoms with van der Waals surface area (Å²) in [5, 5.41) is 5.14. The van der Waals surface area contributed by atoms with Crippen molar-refractivity contribution >= 4 is 23.4 Å². The zero-order valence-electron chi connectivity index (χ0n) is 14.8. The van der Waals surface area contributed by atoms with Gasteiger partial charge in [0.05, 0.1) is 6.61 Å². The number of rotatable bonds is 5. The van der Waals surface area contributed by atoms with Crippen LogP contribution in [0.3, 0.4) is 0 Å². The Bertz CT molecular complexity index is 732. The van der Waals surface area contributed by atoms with Crippen LogP contribution in [0.15, 0.2) is 29.6 Å². The fourth-order valence-corrected chi connectivity index (χ4v) is 2.75. The van der Waals surface area contributed by atoms with Crippen molar-refractivity contribution in [3.05, 3.63) is 40.9 Å². The average Bonchev–Trinajstić information content (AvgIpc) is 3.02. The van der Waals surface area contributed by atoms with Crippen LogP contribution in [0.4, 0.5) is 4.79 Å². The van der Waals surface area contributed by atoms with Crippen molar-refractivity contribution in [2.45, 2.75) is 39.8 Å². The second kappa shape index (κ2) is 8.11. The van der Waals surface area contributed by atoms with Gasteiger partial charge in [-0.15, -0.1) is 11.3 Å². The minimum absolute atomic E-state index is 0.317. The van der Waals surface area contributed by atoms with E-state index in [4.69, 9.17) is 9.47 Å². The maximum atomic E-state index is 11.7. The molecular weight excluding hydrogens is 340 g/mol. The number of esters is 1. The number of benzene rings is 1. The summed E-state index contributed by atoms with van der Waals surface area (Å²) >= 11 is 1.39. The molecule has 0 bridgehead atoms. The van der Waals surface area contributed by atoms with Crippen molar-refractivity contribution < 1.29 is 19.1 Å². The molecule has 1 N–H and O–H groups in total. The Kier molecular flexibility index (Phi) is 6.14. The highest BCUT2D eigenvalue weighted by Crippen LogP contribution is 2.24. The number of hydrogen-bond donors (Lipinski definition) is 1. The summed E-state index contributed by atoms with van der Waals surface area (Å²) in [5.41, 5.74) is 1.64. The number of hydrogen-bond acceptors (Lipinski definition) is 6. The first-order valence-electron chi connectivity index (χ1n) is 7.97. The van der Waals surface area contributed by atoms with Gasteiger partial charge in [0.15, 0.2) is 5.69 Å². The summed E-state index contributed by atoms with van der Waals surface area (Å²) in [7, 11) is 0. The molecule has 0 aliphatic rings. The molecule has 0 saturated carbocycles. The summed E-state index contributed by atoms with van der Waals surface area (Å²) in [6.45, 7) is 7.92. The number of carbonyl (C=O) groups excluding carboxylic acids is 2. The van der Waals surface area contributed by atoms with E-state index in [1.165, 1.54) is 11.3 Å². The molecule has 0 fully saturated rings. The summed E-state index contributed by atoms with van der Waals surface area (Å²) in [5.74, 6) is -0.414. The Morgan fingerprint density at radius 2 is 1.88 bits per heavy atom. The second-order valence-electron chi connectivity index (χ2n) is 6.31. The van der Waals surface area contributed by atoms with Gasteiger partial charge in [-0.25, -0.2) is 14.6 Å². The monoisotopic (exact) mass is 362 g/mol. The zero-order valence-corrected chi connectivity index (χ0v) is 15.6. The van der Waals surface area contributed by atoms with Gasteiger partial charge in [-0.05, 0) is 33.3 Å². The van der Waals surface area contributed by atoms with E-state index in [1.807, 2.05) is 45.0 Å². The predicted octanol–water partition coefficient (Wildman–Crippen LogP) is 4.01. The molecule has 25 heavy (non-hydrogen) atoms. The molecule has 6 nitrogen and oxygen atoms in total. The molecule has 0 radical (unpaired) electrons. The van der Waals surface area contributed by atoms with Gasteiger partial charge in [-0.1, -0.05) is 24.3 Å². The van der Waals surface area contributed by atoms with E-state index in [0.717, 1.165) is 16.1 Å². The number of amides is 1. The van der Waals surface area contributed by atoms with Gasteiger partial charge >= 0.3 is 12.1 Å². The highest BCUT2D eigenvalue weighted by Gasteiger charge is 2.16. The number of ether oxygens (including phenoxy) is 2. The Labute approximate surface area is 151 Å². The number of thiazole rings is 1. The number of aromatic nitrogens is 1. The molecule has 0 unspecified atom stereocenters. The van der Waals surface area contributed by atoms with Gasteiger partial charge < -0.3 is 14.8 Å². The number of carbonyl (C=O) groups is 2. The molecule has 0 aliphatic heterocycles. The van der Waals surface area contributed by atoms with Gasteiger partial charge in [0.2, 0.25) is 0 Å². The molecule has 1 amide bonds. The van der Waals surface area contributed by atoms with Gasteiger partial charge in [0.1, 0.15) is 10.6 Å². The minimum atomic E-state index is -0.518. The maximum absolute atomic E-state index is 11.7. The van der Waals surface area contributed by atoms with Crippen molar-refractivity contribution in [1.29, 1.82) is 0 Å². The summed E-state index contributed by atoms with van der Waals surface area (Å²) in [6, 6.07) is 7.61. The Morgan fingerprint density at radius 1 is 1.20 bits per heavy atom. The van der Waals surface area contributed by atoms with E-state index in [1.54, 1.807) is 12.3 Å². The minimum Gasteiger partial charge on any atom is -0.461 e. The molecule has 0 aliphatic carbocycles. The quantitative estimate of drug-likeness (QED) is 0.813. The van der Waals surface area contributed by atoms with E-state index in [9.17, 15) is 9.59 Å². The van der Waals surface area contributed by atoms with Crippen molar-refractivity contribution in [3.63, 3.8) is 0 Å². The lowest BCUT2D eigenvalue weighted by Gasteiger charge is -2.19. The Balaban J connectivity index is 1.96. The molecule has 0 atom stereocenters. The van der Waals surface area contributed by atoms with E-state index >= 15 is 0 Å². The lowest BCUT2D eigenvalue weighted by molar-refractivity contribution is 0.0511. The molecule has 7 heteroatoms. The van der Waals surface area contributed by atoms with Crippen LogP contribution in [0, 0.1) is 0 Å². The highest BCUT2D eigenvalue weighted by atomic mass is 32.1. The normalized spacial score (nSPS) is 11.0. The summed E-state index contributed by atoms with van der Waals surface area (Å²) in [6.07, 6.45) is -0.449. The number of nitrogens with zero attached hydrogens (tertiary/aromatic N) is 1. The predicted molar refractivity (Wildman–Crippen MR) is 96.6 cm³/mol. The molecule has 1 aromatic carbocycles. The van der Waals surface area contributed by atoms with E-state index in [-0.39, 0.29) is 0 Å². The van der Waals surface area contributed by atoms with Gasteiger partial charge in [-0.3, -0.25) is 0 Å². The summed E-state index contributed by atoms with van der Waals surface area (Å²) in [4.78, 5) is 27.6. The molecular formula is C18H22N2O4S. The smallest absolute Gasteiger partial charge is 0.407 e. The molecule has 134 valence electrons. The summed E-state index contributed by atoms with van der Waals surface area (Å²) < 4.78 is 10.1. The lowest BCUT2D eigenvalue weighted by atomic mass is 10.1. The van der Waals surface area contributed by atoms with Crippen LogP contribution >= 0.6 is 11.3 Å². The second-order valence-corrected chi connectivity index (χ2v) is 7.17. The van der Waals surface area contributed by atoms with Crippen molar-refractivity contribution in [2.24, 2.45) is 0 Å². The molecule has 2 rings (SSSR count). The van der Waals surface area contributed by atoms with E-state index < -0.39 is 17.7 Å². The fourth-order valence-electron chi connectivity index (χ4n) is 1.96. The van der Waals surface area contributed by atoms with Crippen LogP contribution in [0.2, 0.25) is 0 Å². The first-order chi connectivity index (χ1) is 11.8. The molecule has 2 aromatic rings. The van der Waals surface area contributed by atoms with E-state index in [2.05, 4.69) is 10.3 Å². The third-order valence-electron chi connectivity index (χ3n) is 3.03. The lowest BCUT2D eigenvalue weighted by Crippen LogP contribution is -2.32. The SMILES string of the molecule is CCOC(=O)c1csc(-c2ccc(CNC(=O)OC(C)(C)C)cc2)n1. The Morgan fingerprint density at radius 3 is 2.48 bits per heavy atom. The highest BCUT2D eigenvalue weighted by molar-refractivity contribution is 7.13. The average molecular weight is 362 g/mol. The Hall–Kier alpha value is -2.41. The van der Waals surface area contributed by atoms with Crippen LogP contribution < -0.4 is 5.32 Å². The molecule has 0 saturated heterocycles. The zero-order chi connectivity index (χ0) is 18.4. The van der Waals surface area contributed by atoms with Crippen LogP contribution in [0.1, 0.15) is 43.7 Å². The van der Waals surface area contributed by atoms with Crippen LogP contribution in [-0.4, -0.2) is 29.3 Å².